The predicted octanol–water partition coefficient (Wildman–Crippen LogP) is -0.626. The normalized spacial score (nSPS) is 19.0. The quantitative estimate of drug-likeness (QED) is 0.658. The van der Waals surface area contributed by atoms with Gasteiger partial charge in [0.15, 0.2) is 6.29 Å². The van der Waals surface area contributed by atoms with Crippen molar-refractivity contribution in [3.8, 4) is 0 Å². The molecule has 2 aliphatic rings. The lowest BCUT2D eigenvalue weighted by molar-refractivity contribution is -0.0300. The molecule has 0 radical (unpaired) electrons. The first-order valence-corrected chi connectivity index (χ1v) is 5.69. The van der Waals surface area contributed by atoms with Gasteiger partial charge in [-0.05, 0) is 0 Å². The van der Waals surface area contributed by atoms with E-state index in [0.29, 0.717) is 43.8 Å². The summed E-state index contributed by atoms with van der Waals surface area (Å²) in [5.74, 6) is 0.803. The number of amides is 1. The van der Waals surface area contributed by atoms with E-state index >= 15 is 0 Å². The minimum absolute atomic E-state index is 0.169. The Hall–Kier alpha value is -1.93. The molecule has 1 amide bonds. The van der Waals surface area contributed by atoms with E-state index in [1.807, 2.05) is 0 Å². The zero-order valence-electron chi connectivity index (χ0n) is 9.60. The van der Waals surface area contributed by atoms with Crippen LogP contribution in [-0.2, 0) is 9.47 Å². The van der Waals surface area contributed by atoms with Crippen molar-refractivity contribution in [3.05, 3.63) is 11.8 Å². The van der Waals surface area contributed by atoms with Crippen molar-refractivity contribution >= 4 is 17.7 Å². The Bertz CT molecular complexity index is 461. The number of carbonyl (C=O) groups is 1. The summed E-state index contributed by atoms with van der Waals surface area (Å²) in [5.41, 5.74) is 0.445. The van der Waals surface area contributed by atoms with E-state index in [-0.39, 0.29) is 12.2 Å². The van der Waals surface area contributed by atoms with E-state index in [1.54, 1.807) is 0 Å². The van der Waals surface area contributed by atoms with Crippen LogP contribution in [0.3, 0.4) is 0 Å². The van der Waals surface area contributed by atoms with Crippen LogP contribution in [-0.4, -0.2) is 48.6 Å². The van der Waals surface area contributed by atoms with Gasteiger partial charge in [-0.2, -0.15) is 4.98 Å². The Kier molecular flexibility index (Phi) is 2.95. The molecule has 0 aromatic carbocycles. The number of hydrogen-bond acceptors (Lipinski definition) is 7. The highest BCUT2D eigenvalue weighted by Gasteiger charge is 2.19. The number of carbonyl (C=O) groups excluding carboxylic acids is 1. The van der Waals surface area contributed by atoms with E-state index in [1.165, 1.54) is 6.20 Å². The molecule has 0 saturated carbocycles. The third kappa shape index (κ3) is 2.20. The van der Waals surface area contributed by atoms with Crippen LogP contribution >= 0.6 is 0 Å². The summed E-state index contributed by atoms with van der Waals surface area (Å²) in [6.45, 7) is 2.07. The number of hydrogen-bond donors (Lipinski definition) is 3. The van der Waals surface area contributed by atoms with Crippen molar-refractivity contribution in [1.82, 2.24) is 15.3 Å². The van der Waals surface area contributed by atoms with E-state index in [4.69, 9.17) is 9.47 Å². The summed E-state index contributed by atoms with van der Waals surface area (Å²) in [5, 5.41) is 8.63. The third-order valence-corrected chi connectivity index (χ3v) is 2.66. The zero-order chi connectivity index (χ0) is 12.4. The molecule has 2 aliphatic heterocycles. The van der Waals surface area contributed by atoms with Crippen LogP contribution < -0.4 is 16.0 Å². The molecule has 1 aromatic rings. The Morgan fingerprint density at radius 3 is 3.06 bits per heavy atom. The zero-order valence-corrected chi connectivity index (χ0v) is 9.60. The highest BCUT2D eigenvalue weighted by Crippen LogP contribution is 2.16. The van der Waals surface area contributed by atoms with Gasteiger partial charge in [-0.3, -0.25) is 4.79 Å². The molecule has 8 nitrogen and oxygen atoms in total. The van der Waals surface area contributed by atoms with Crippen LogP contribution in [0.4, 0.5) is 11.8 Å². The highest BCUT2D eigenvalue weighted by atomic mass is 16.7. The van der Waals surface area contributed by atoms with Crippen molar-refractivity contribution < 1.29 is 14.3 Å². The van der Waals surface area contributed by atoms with Gasteiger partial charge in [0, 0.05) is 6.20 Å². The second-order valence-corrected chi connectivity index (χ2v) is 3.87. The van der Waals surface area contributed by atoms with Crippen molar-refractivity contribution in [2.45, 2.75) is 6.29 Å². The Balaban J connectivity index is 1.67. The van der Waals surface area contributed by atoms with Crippen LogP contribution in [0.1, 0.15) is 10.4 Å². The molecule has 0 spiro atoms. The molecular formula is C10H13N5O3. The Labute approximate surface area is 103 Å². The smallest absolute Gasteiger partial charge is 0.257 e. The first kappa shape index (κ1) is 11.2. The van der Waals surface area contributed by atoms with E-state index in [2.05, 4.69) is 25.9 Å². The number of rotatable bonds is 3. The third-order valence-electron chi connectivity index (χ3n) is 2.66. The van der Waals surface area contributed by atoms with Gasteiger partial charge in [-0.1, -0.05) is 0 Å². The maximum absolute atomic E-state index is 11.5. The largest absolute Gasteiger partial charge is 0.352 e. The number of ether oxygens (including phenoxy) is 2. The summed E-state index contributed by atoms with van der Waals surface area (Å²) >= 11 is 0. The SMILES string of the molecule is O=C1NCNc2nc(NCC3OCCO3)ncc21. The first-order chi connectivity index (χ1) is 8.83. The van der Waals surface area contributed by atoms with Gasteiger partial charge in [0.2, 0.25) is 5.95 Å². The Morgan fingerprint density at radius 2 is 2.22 bits per heavy atom. The molecule has 1 aromatic heterocycles. The lowest BCUT2D eigenvalue weighted by Gasteiger charge is -2.18. The summed E-state index contributed by atoms with van der Waals surface area (Å²) in [6, 6.07) is 0. The van der Waals surface area contributed by atoms with Crippen LogP contribution in [0.25, 0.3) is 0 Å². The molecule has 96 valence electrons. The second-order valence-electron chi connectivity index (χ2n) is 3.87. The average molecular weight is 251 g/mol. The van der Waals surface area contributed by atoms with Gasteiger partial charge in [0.25, 0.3) is 5.91 Å². The molecule has 3 rings (SSSR count). The molecular weight excluding hydrogens is 238 g/mol. The molecule has 8 heteroatoms. The standard InChI is InChI=1S/C10H13N5O3/c16-9-6-3-11-10(15-8(6)13-5-14-9)12-4-7-17-1-2-18-7/h3,7H,1-2,4-5H2,(H,14,16)(H2,11,12,13,15). The molecule has 1 fully saturated rings. The fraction of sp³-hybridized carbons (Fsp3) is 0.500. The minimum Gasteiger partial charge on any atom is -0.352 e. The first-order valence-electron chi connectivity index (χ1n) is 5.69. The summed E-state index contributed by atoms with van der Waals surface area (Å²) in [6.07, 6.45) is 1.23. The minimum atomic E-state index is -0.263. The maximum Gasteiger partial charge on any atom is 0.257 e. The molecule has 0 aliphatic carbocycles. The summed E-state index contributed by atoms with van der Waals surface area (Å²) < 4.78 is 10.6. The van der Waals surface area contributed by atoms with E-state index in [0.717, 1.165) is 0 Å². The number of anilines is 2. The van der Waals surface area contributed by atoms with Gasteiger partial charge in [-0.15, -0.1) is 0 Å². The van der Waals surface area contributed by atoms with Gasteiger partial charge in [0.05, 0.1) is 26.4 Å². The molecule has 0 bridgehead atoms. The number of nitrogens with one attached hydrogen (secondary N) is 3. The lowest BCUT2D eigenvalue weighted by Crippen LogP contribution is -2.35. The molecule has 1 saturated heterocycles. The maximum atomic E-state index is 11.5. The number of nitrogens with zero attached hydrogens (tertiary/aromatic N) is 2. The number of fused-ring (bicyclic) bond motifs is 1. The van der Waals surface area contributed by atoms with Gasteiger partial charge >= 0.3 is 0 Å². The number of aromatic nitrogens is 2. The highest BCUT2D eigenvalue weighted by molar-refractivity contribution is 6.00. The van der Waals surface area contributed by atoms with Crippen molar-refractivity contribution in [2.75, 3.05) is 37.1 Å². The van der Waals surface area contributed by atoms with Crippen LogP contribution in [0.2, 0.25) is 0 Å². The van der Waals surface area contributed by atoms with Crippen molar-refractivity contribution in [2.24, 2.45) is 0 Å². The average Bonchev–Trinajstić information content (AvgIpc) is 2.90. The van der Waals surface area contributed by atoms with E-state index < -0.39 is 0 Å². The molecule has 0 atom stereocenters. The molecule has 18 heavy (non-hydrogen) atoms. The second kappa shape index (κ2) is 4.75. The molecule has 3 heterocycles. The lowest BCUT2D eigenvalue weighted by atomic mass is 10.2. The van der Waals surface area contributed by atoms with Gasteiger partial charge in [0.1, 0.15) is 11.4 Å². The van der Waals surface area contributed by atoms with Crippen LogP contribution in [0.15, 0.2) is 6.20 Å². The van der Waals surface area contributed by atoms with Crippen molar-refractivity contribution in [3.63, 3.8) is 0 Å². The van der Waals surface area contributed by atoms with Crippen molar-refractivity contribution in [1.29, 1.82) is 0 Å². The fourth-order valence-electron chi connectivity index (χ4n) is 1.77. The fourth-order valence-corrected chi connectivity index (χ4v) is 1.77. The molecule has 0 unspecified atom stereocenters. The van der Waals surface area contributed by atoms with E-state index in [9.17, 15) is 4.79 Å². The topological polar surface area (TPSA) is 97.4 Å². The van der Waals surface area contributed by atoms with Gasteiger partial charge in [-0.25, -0.2) is 4.98 Å². The molecule has 3 N–H and O–H groups in total. The summed E-state index contributed by atoms with van der Waals surface area (Å²) in [7, 11) is 0. The van der Waals surface area contributed by atoms with Gasteiger partial charge < -0.3 is 25.4 Å². The summed E-state index contributed by atoms with van der Waals surface area (Å²) in [4.78, 5) is 19.8. The Morgan fingerprint density at radius 1 is 1.39 bits per heavy atom. The predicted molar refractivity (Wildman–Crippen MR) is 62.2 cm³/mol. The monoisotopic (exact) mass is 251 g/mol. The van der Waals surface area contributed by atoms with Crippen LogP contribution in [0.5, 0.6) is 0 Å². The van der Waals surface area contributed by atoms with Crippen LogP contribution in [0, 0.1) is 0 Å².